The van der Waals surface area contributed by atoms with Gasteiger partial charge in [-0.25, -0.2) is 0 Å². The van der Waals surface area contributed by atoms with E-state index in [1.807, 2.05) is 0 Å². The van der Waals surface area contributed by atoms with Crippen molar-refractivity contribution in [2.24, 2.45) is 0 Å². The van der Waals surface area contributed by atoms with E-state index in [1.54, 1.807) is 0 Å². The molecule has 0 N–H and O–H groups in total. The van der Waals surface area contributed by atoms with Gasteiger partial charge in [-0.15, -0.1) is 0 Å². The molecule has 0 bridgehead atoms. The van der Waals surface area contributed by atoms with Crippen LogP contribution >= 0.6 is 38.1 Å². The molecule has 0 aromatic heterocycles. The summed E-state index contributed by atoms with van der Waals surface area (Å²) < 4.78 is 34.5. The Morgan fingerprint density at radius 3 is 0.857 bits per heavy atom. The van der Waals surface area contributed by atoms with Gasteiger partial charge < -0.3 is 0 Å². The average molecular weight is 627 g/mol. The van der Waals surface area contributed by atoms with Crippen LogP contribution in [-0.4, -0.2) is 0 Å². The monoisotopic (exact) mass is 626 g/mol. The van der Waals surface area contributed by atoms with Crippen molar-refractivity contribution in [2.45, 2.75) is 0 Å². The number of hydrogen-bond donors (Lipinski definition) is 0. The van der Waals surface area contributed by atoms with Gasteiger partial charge in [-0.05, 0) is 0 Å². The number of hydrogen-bond acceptors (Lipinski definition) is 4. The van der Waals surface area contributed by atoms with Crippen LogP contribution in [0, 0.1) is 0 Å². The van der Waals surface area contributed by atoms with Gasteiger partial charge in [-0.1, -0.05) is 0 Å². The van der Waals surface area contributed by atoms with Crippen molar-refractivity contribution in [2.75, 3.05) is 0 Å². The number of rotatable bonds is 0. The summed E-state index contributed by atoms with van der Waals surface area (Å²) in [4.78, 5) is 0. The van der Waals surface area contributed by atoms with E-state index in [-0.39, 0.29) is 162 Å². The minimum atomic E-state index is -6.06. The van der Waals surface area contributed by atoms with E-state index in [0.717, 1.165) is 0 Å². The van der Waals surface area contributed by atoms with Crippen LogP contribution in [0.5, 0.6) is 0 Å². The van der Waals surface area contributed by atoms with Crippen molar-refractivity contribution in [1.29, 1.82) is 0 Å². The zero-order valence-electron chi connectivity index (χ0n) is 7.81. The van der Waals surface area contributed by atoms with Gasteiger partial charge >= 0.3 is 242 Å². The fraction of sp³-hybridized carbons (Fsp3) is 0. The molecule has 0 unspecified atom stereocenters. The SMILES string of the molecule is [Cl][Pd-2]([Cl])([Cl])[Cl].[K+].[K+].[Na+].[Na+].[O]=[Os](=[O])([O-])[O-]. The van der Waals surface area contributed by atoms with Crippen LogP contribution < -0.4 is 170 Å². The minimum absolute atomic E-state index is 0. The van der Waals surface area contributed by atoms with Crippen LogP contribution in [0.4, 0.5) is 0 Å². The van der Waals surface area contributed by atoms with Crippen molar-refractivity contribution < 1.29 is 204 Å². The predicted octanol–water partition coefficient (Wildman–Crippen LogP) is -11.8. The van der Waals surface area contributed by atoms with Gasteiger partial charge in [0, 0.05) is 0 Å². The fourth-order valence-electron chi connectivity index (χ4n) is 0. The van der Waals surface area contributed by atoms with Gasteiger partial charge in [0.25, 0.3) is 0 Å². The maximum atomic E-state index is 8.63. The van der Waals surface area contributed by atoms with Gasteiger partial charge in [-0.2, -0.15) is 0 Å². The van der Waals surface area contributed by atoms with E-state index in [4.69, 9.17) is 53.0 Å². The molecule has 0 aromatic carbocycles. The van der Waals surface area contributed by atoms with Crippen molar-refractivity contribution >= 4 is 38.1 Å². The molecule has 0 saturated heterocycles. The molecule has 14 heteroatoms. The van der Waals surface area contributed by atoms with Gasteiger partial charge in [0.05, 0.1) is 0 Å². The molecule has 0 saturated carbocycles. The molecule has 74 valence electrons. The summed E-state index contributed by atoms with van der Waals surface area (Å²) in [5.74, 6) is 0. The first kappa shape index (κ1) is 37.5. The Labute approximate surface area is 234 Å². The first-order chi connectivity index (χ1) is 4.00. The zero-order valence-corrected chi connectivity index (χ0v) is 25.2. The molecule has 0 rings (SSSR count). The number of halogens is 4. The molecule has 0 aromatic rings. The summed E-state index contributed by atoms with van der Waals surface area (Å²) in [5, 5.41) is 0. The molecule has 0 fully saturated rings. The molecule has 14 heavy (non-hydrogen) atoms. The average Bonchev–Trinajstić information content (AvgIpc) is 1.12. The molecular weight excluding hydrogens is 627 g/mol. The van der Waals surface area contributed by atoms with E-state index < -0.39 is 27.1 Å². The summed E-state index contributed by atoms with van der Waals surface area (Å²) in [5.41, 5.74) is 0. The van der Waals surface area contributed by atoms with Crippen molar-refractivity contribution in [1.82, 2.24) is 0 Å². The van der Waals surface area contributed by atoms with E-state index in [0.29, 0.717) is 0 Å². The third-order valence-corrected chi connectivity index (χ3v) is 0. The first-order valence-electron chi connectivity index (χ1n) is 1.06. The summed E-state index contributed by atoms with van der Waals surface area (Å²) in [7, 11) is 19.9. The van der Waals surface area contributed by atoms with Gasteiger partial charge in [-0.3, -0.25) is 0 Å². The Balaban J connectivity index is -0.0000000178. The normalized spacial score (nSPS) is 10.7. The molecule has 0 aliphatic rings. The maximum absolute atomic E-state index is 8.63. The predicted molar refractivity (Wildman–Crippen MR) is 24.8 cm³/mol. The summed E-state index contributed by atoms with van der Waals surface area (Å²) in [6.45, 7) is 0. The second-order valence-electron chi connectivity index (χ2n) is 0.625. The molecule has 0 spiro atoms. The molecule has 0 aliphatic carbocycles. The topological polar surface area (TPSA) is 80.3 Å². The third kappa shape index (κ3) is 122. The standard InChI is InChI=1S/4ClH.2K.2Na.4O.Os.Pd/h4*1H;;;;;;;;;;/q;;;;4*+1;;;2*-1;;+2/p-4. The summed E-state index contributed by atoms with van der Waals surface area (Å²) in [6.07, 6.45) is 0. The molecular formula is Cl4K2Na2O4OsPd. The Hall–Kier alpha value is 7.25. The first-order valence-corrected chi connectivity index (χ1v) is 13.2. The van der Waals surface area contributed by atoms with E-state index >= 15 is 0 Å². The molecule has 0 radical (unpaired) electrons. The summed E-state index contributed by atoms with van der Waals surface area (Å²) in [6, 6.07) is 0. The second kappa shape index (κ2) is 20.3. The van der Waals surface area contributed by atoms with Crippen LogP contribution in [0.1, 0.15) is 0 Å². The fourth-order valence-corrected chi connectivity index (χ4v) is 0. The molecule has 0 heterocycles. The van der Waals surface area contributed by atoms with Crippen LogP contribution in [-0.2, 0) is 34.2 Å². The molecule has 4 nitrogen and oxygen atoms in total. The molecule has 0 aliphatic heterocycles. The Kier molecular flexibility index (Phi) is 54.2. The van der Waals surface area contributed by atoms with E-state index in [2.05, 4.69) is 0 Å². The van der Waals surface area contributed by atoms with Gasteiger partial charge in [0.15, 0.2) is 0 Å². The van der Waals surface area contributed by atoms with E-state index in [1.165, 1.54) is 0 Å². The van der Waals surface area contributed by atoms with Crippen LogP contribution in [0.2, 0.25) is 0 Å². The van der Waals surface area contributed by atoms with Gasteiger partial charge in [0.1, 0.15) is 0 Å². The van der Waals surface area contributed by atoms with Crippen LogP contribution in [0.3, 0.4) is 0 Å². The quantitative estimate of drug-likeness (QED) is 0.251. The Morgan fingerprint density at radius 1 is 0.857 bits per heavy atom. The van der Waals surface area contributed by atoms with Crippen LogP contribution in [0.15, 0.2) is 0 Å². The Bertz CT molecular complexity index is 168. The second-order valence-corrected chi connectivity index (χ2v) is 17.3. The Morgan fingerprint density at radius 2 is 0.857 bits per heavy atom. The summed E-state index contributed by atoms with van der Waals surface area (Å²) >= 11 is -8.87. The van der Waals surface area contributed by atoms with Crippen molar-refractivity contribution in [3.05, 3.63) is 0 Å². The zero-order chi connectivity index (χ0) is 9.00. The van der Waals surface area contributed by atoms with Crippen LogP contribution in [0.25, 0.3) is 0 Å². The third-order valence-electron chi connectivity index (χ3n) is 0. The van der Waals surface area contributed by atoms with Crippen molar-refractivity contribution in [3.63, 3.8) is 0 Å². The molecule has 0 atom stereocenters. The van der Waals surface area contributed by atoms with Gasteiger partial charge in [0.2, 0.25) is 0 Å². The molecule has 0 amide bonds. The van der Waals surface area contributed by atoms with E-state index in [9.17, 15) is 0 Å². The van der Waals surface area contributed by atoms with Crippen molar-refractivity contribution in [3.8, 4) is 0 Å².